The Kier molecular flexibility index (Phi) is 6.13. The number of carbonyl (C=O) groups excluding carboxylic acids is 2. The standard InChI is InChI=1S/C24H21NO5S/c1-3-29-18-11-9-16(10-12-18)21-22(31-15-20-8-5-13-30-20)24(27)25(23(21)26)17-6-4-7-19(14-17)28-2/h4-14H,3,15H2,1-2H3. The fourth-order valence-corrected chi connectivity index (χ4v) is 4.32. The maximum atomic E-state index is 13.4. The molecule has 31 heavy (non-hydrogen) atoms. The maximum Gasteiger partial charge on any atom is 0.272 e. The van der Waals surface area contributed by atoms with Gasteiger partial charge in [0.2, 0.25) is 0 Å². The van der Waals surface area contributed by atoms with Gasteiger partial charge in [0.1, 0.15) is 17.3 Å². The zero-order chi connectivity index (χ0) is 21.8. The van der Waals surface area contributed by atoms with E-state index in [4.69, 9.17) is 13.9 Å². The van der Waals surface area contributed by atoms with Gasteiger partial charge in [0, 0.05) is 6.07 Å². The number of rotatable bonds is 8. The molecule has 0 radical (unpaired) electrons. The van der Waals surface area contributed by atoms with Crippen molar-refractivity contribution in [2.45, 2.75) is 12.7 Å². The monoisotopic (exact) mass is 435 g/mol. The highest BCUT2D eigenvalue weighted by Gasteiger charge is 2.40. The van der Waals surface area contributed by atoms with Gasteiger partial charge < -0.3 is 13.9 Å². The molecule has 1 aliphatic rings. The van der Waals surface area contributed by atoms with E-state index in [0.717, 1.165) is 5.76 Å². The van der Waals surface area contributed by atoms with Crippen LogP contribution in [0.2, 0.25) is 0 Å². The highest BCUT2D eigenvalue weighted by Crippen LogP contribution is 2.40. The van der Waals surface area contributed by atoms with Gasteiger partial charge in [-0.05, 0) is 48.9 Å². The summed E-state index contributed by atoms with van der Waals surface area (Å²) >= 11 is 1.29. The van der Waals surface area contributed by atoms with Crippen molar-refractivity contribution in [2.24, 2.45) is 0 Å². The van der Waals surface area contributed by atoms with Gasteiger partial charge in [0.25, 0.3) is 11.8 Å². The minimum absolute atomic E-state index is 0.362. The van der Waals surface area contributed by atoms with Crippen LogP contribution in [0.5, 0.6) is 11.5 Å². The number of furan rings is 1. The molecule has 2 heterocycles. The van der Waals surface area contributed by atoms with E-state index in [1.807, 2.05) is 13.0 Å². The lowest BCUT2D eigenvalue weighted by Gasteiger charge is -2.16. The van der Waals surface area contributed by atoms with Crippen LogP contribution in [0.3, 0.4) is 0 Å². The van der Waals surface area contributed by atoms with Crippen LogP contribution in [0.15, 0.2) is 76.2 Å². The predicted molar refractivity (Wildman–Crippen MR) is 120 cm³/mol. The van der Waals surface area contributed by atoms with Gasteiger partial charge in [-0.3, -0.25) is 9.59 Å². The van der Waals surface area contributed by atoms with E-state index in [2.05, 4.69) is 0 Å². The molecular formula is C24H21NO5S. The first-order chi connectivity index (χ1) is 15.1. The number of ether oxygens (including phenoxy) is 2. The number of methoxy groups -OCH3 is 1. The SMILES string of the molecule is CCOc1ccc(C2=C(SCc3ccco3)C(=O)N(c3cccc(OC)c3)C2=O)cc1. The number of thioether (sulfide) groups is 1. The summed E-state index contributed by atoms with van der Waals surface area (Å²) in [4.78, 5) is 28.4. The average Bonchev–Trinajstić information content (AvgIpc) is 3.39. The van der Waals surface area contributed by atoms with E-state index in [-0.39, 0.29) is 11.8 Å². The number of nitrogens with zero attached hydrogens (tertiary/aromatic N) is 1. The van der Waals surface area contributed by atoms with Crippen molar-refractivity contribution in [2.75, 3.05) is 18.6 Å². The van der Waals surface area contributed by atoms with Crippen LogP contribution in [-0.2, 0) is 15.3 Å². The Labute approximate surface area is 184 Å². The first kappa shape index (κ1) is 20.8. The topological polar surface area (TPSA) is 69.0 Å². The van der Waals surface area contributed by atoms with Crippen molar-refractivity contribution in [3.8, 4) is 11.5 Å². The van der Waals surface area contributed by atoms with E-state index in [9.17, 15) is 9.59 Å². The van der Waals surface area contributed by atoms with Crippen LogP contribution in [0.1, 0.15) is 18.2 Å². The van der Waals surface area contributed by atoms with Crippen molar-refractivity contribution in [3.05, 3.63) is 83.2 Å². The maximum absolute atomic E-state index is 13.4. The fourth-order valence-electron chi connectivity index (χ4n) is 3.30. The van der Waals surface area contributed by atoms with Crippen molar-refractivity contribution in [1.82, 2.24) is 0 Å². The summed E-state index contributed by atoms with van der Waals surface area (Å²) in [6.07, 6.45) is 1.59. The molecule has 4 rings (SSSR count). The van der Waals surface area contributed by atoms with Gasteiger partial charge >= 0.3 is 0 Å². The number of carbonyl (C=O) groups is 2. The molecule has 0 fully saturated rings. The summed E-state index contributed by atoms with van der Waals surface area (Å²) in [6, 6.07) is 17.7. The summed E-state index contributed by atoms with van der Waals surface area (Å²) in [5.41, 5.74) is 1.49. The molecule has 0 spiro atoms. The van der Waals surface area contributed by atoms with E-state index in [1.165, 1.54) is 16.7 Å². The number of hydrogen-bond acceptors (Lipinski definition) is 6. The Hall–Kier alpha value is -3.45. The van der Waals surface area contributed by atoms with Gasteiger partial charge in [-0.15, -0.1) is 11.8 Å². The van der Waals surface area contributed by atoms with E-state index < -0.39 is 0 Å². The van der Waals surface area contributed by atoms with Crippen molar-refractivity contribution >= 4 is 34.8 Å². The number of benzene rings is 2. The van der Waals surface area contributed by atoms with Crippen molar-refractivity contribution in [3.63, 3.8) is 0 Å². The molecular weight excluding hydrogens is 414 g/mol. The fraction of sp³-hybridized carbons (Fsp3) is 0.167. The minimum atomic E-state index is -0.371. The molecule has 3 aromatic rings. The number of amides is 2. The lowest BCUT2D eigenvalue weighted by Crippen LogP contribution is -2.31. The quantitative estimate of drug-likeness (QED) is 0.469. The van der Waals surface area contributed by atoms with Gasteiger partial charge in [-0.2, -0.15) is 0 Å². The third-order valence-electron chi connectivity index (χ3n) is 4.75. The molecule has 7 heteroatoms. The minimum Gasteiger partial charge on any atom is -0.497 e. The molecule has 2 aromatic carbocycles. The Morgan fingerprint density at radius 1 is 0.968 bits per heavy atom. The summed E-state index contributed by atoms with van der Waals surface area (Å²) < 4.78 is 16.2. The van der Waals surface area contributed by atoms with Crippen molar-refractivity contribution in [1.29, 1.82) is 0 Å². The molecule has 6 nitrogen and oxygen atoms in total. The van der Waals surface area contributed by atoms with Crippen LogP contribution >= 0.6 is 11.8 Å². The van der Waals surface area contributed by atoms with Gasteiger partial charge in [0.15, 0.2) is 0 Å². The van der Waals surface area contributed by atoms with Crippen molar-refractivity contribution < 1.29 is 23.5 Å². The molecule has 0 unspecified atom stereocenters. The zero-order valence-corrected chi connectivity index (χ0v) is 18.0. The van der Waals surface area contributed by atoms with E-state index in [0.29, 0.717) is 45.6 Å². The number of anilines is 1. The molecule has 158 valence electrons. The Balaban J connectivity index is 1.72. The molecule has 1 aromatic heterocycles. The van der Waals surface area contributed by atoms with Crippen LogP contribution in [0.25, 0.3) is 5.57 Å². The van der Waals surface area contributed by atoms with E-state index in [1.54, 1.807) is 68.0 Å². The third kappa shape index (κ3) is 4.22. The normalized spacial score (nSPS) is 13.8. The Morgan fingerprint density at radius 3 is 2.45 bits per heavy atom. The highest BCUT2D eigenvalue weighted by molar-refractivity contribution is 8.03. The van der Waals surface area contributed by atoms with E-state index >= 15 is 0 Å². The smallest absolute Gasteiger partial charge is 0.272 e. The molecule has 2 amide bonds. The summed E-state index contributed by atoms with van der Waals surface area (Å²) in [7, 11) is 1.54. The number of imide groups is 1. The molecule has 0 aliphatic carbocycles. The first-order valence-corrected chi connectivity index (χ1v) is 10.8. The number of hydrogen-bond donors (Lipinski definition) is 0. The van der Waals surface area contributed by atoms with Crippen LogP contribution in [0.4, 0.5) is 5.69 Å². The second kappa shape index (κ2) is 9.14. The lowest BCUT2D eigenvalue weighted by molar-refractivity contribution is -0.119. The van der Waals surface area contributed by atoms with Gasteiger partial charge in [0.05, 0.1) is 41.9 Å². The molecule has 0 saturated heterocycles. The molecule has 0 atom stereocenters. The van der Waals surface area contributed by atoms with Gasteiger partial charge in [-0.1, -0.05) is 18.2 Å². The second-order valence-electron chi connectivity index (χ2n) is 6.68. The average molecular weight is 436 g/mol. The molecule has 1 aliphatic heterocycles. The first-order valence-electron chi connectivity index (χ1n) is 9.78. The molecule has 0 saturated carbocycles. The summed E-state index contributed by atoms with van der Waals surface area (Å²) in [5.74, 6) is 1.70. The largest absolute Gasteiger partial charge is 0.497 e. The summed E-state index contributed by atoms with van der Waals surface area (Å²) in [6.45, 7) is 2.46. The summed E-state index contributed by atoms with van der Waals surface area (Å²) in [5, 5.41) is 0. The second-order valence-corrected chi connectivity index (χ2v) is 7.66. The zero-order valence-electron chi connectivity index (χ0n) is 17.2. The lowest BCUT2D eigenvalue weighted by atomic mass is 10.1. The Bertz CT molecular complexity index is 1120. The van der Waals surface area contributed by atoms with Crippen LogP contribution < -0.4 is 14.4 Å². The molecule has 0 bridgehead atoms. The predicted octanol–water partition coefficient (Wildman–Crippen LogP) is 4.90. The molecule has 0 N–H and O–H groups in total. The third-order valence-corrected chi connectivity index (χ3v) is 5.84. The highest BCUT2D eigenvalue weighted by atomic mass is 32.2. The van der Waals surface area contributed by atoms with Crippen LogP contribution in [0, 0.1) is 0 Å². The Morgan fingerprint density at radius 2 is 1.77 bits per heavy atom. The van der Waals surface area contributed by atoms with Gasteiger partial charge in [-0.25, -0.2) is 4.90 Å². The van der Waals surface area contributed by atoms with Crippen LogP contribution in [-0.4, -0.2) is 25.5 Å².